The molecule has 1 aromatic carbocycles. The highest BCUT2D eigenvalue weighted by molar-refractivity contribution is 5.31. The molecule has 1 aliphatic carbocycles. The number of quaternary nitrogens is 1. The van der Waals surface area contributed by atoms with Crippen LogP contribution in [-0.2, 0) is 5.41 Å². The lowest BCUT2D eigenvalue weighted by Gasteiger charge is -2.39. The third kappa shape index (κ3) is 2.40. The van der Waals surface area contributed by atoms with E-state index in [9.17, 15) is 0 Å². The minimum Gasteiger partial charge on any atom is -0.324 e. The summed E-state index contributed by atoms with van der Waals surface area (Å²) in [4.78, 5) is 0. The van der Waals surface area contributed by atoms with E-state index in [4.69, 9.17) is 0 Å². The molecule has 0 atom stereocenters. The second-order valence-corrected chi connectivity index (χ2v) is 5.59. The lowest BCUT2D eigenvalue weighted by Crippen LogP contribution is -2.51. The van der Waals surface area contributed by atoms with Crippen LogP contribution in [0.5, 0.6) is 0 Å². The highest BCUT2D eigenvalue weighted by Crippen LogP contribution is 2.49. The van der Waals surface area contributed by atoms with Crippen molar-refractivity contribution in [3.8, 4) is 0 Å². The fourth-order valence-corrected chi connectivity index (χ4v) is 3.13. The van der Waals surface area contributed by atoms with Gasteiger partial charge in [-0.25, -0.2) is 0 Å². The van der Waals surface area contributed by atoms with Crippen LogP contribution >= 0.6 is 0 Å². The Hall–Kier alpha value is -0.820. The van der Waals surface area contributed by atoms with E-state index in [0.717, 1.165) is 0 Å². The van der Waals surface area contributed by atoms with Gasteiger partial charge in [0.2, 0.25) is 0 Å². The van der Waals surface area contributed by atoms with E-state index in [1.807, 2.05) is 0 Å². The van der Waals surface area contributed by atoms with Crippen LogP contribution in [0.25, 0.3) is 0 Å². The van der Waals surface area contributed by atoms with Crippen molar-refractivity contribution < 1.29 is 4.48 Å². The Morgan fingerprint density at radius 2 is 1.47 bits per heavy atom. The Labute approximate surface area is 106 Å². The molecule has 0 heterocycles. The highest BCUT2D eigenvalue weighted by atomic mass is 15.3. The van der Waals surface area contributed by atoms with Gasteiger partial charge in [0.15, 0.2) is 0 Å². The monoisotopic (exact) mass is 232 g/mol. The van der Waals surface area contributed by atoms with E-state index >= 15 is 0 Å². The quantitative estimate of drug-likeness (QED) is 0.657. The van der Waals surface area contributed by atoms with E-state index in [1.165, 1.54) is 43.5 Å². The summed E-state index contributed by atoms with van der Waals surface area (Å²) in [5.41, 5.74) is 2.07. The zero-order valence-corrected chi connectivity index (χ0v) is 11.6. The molecule has 17 heavy (non-hydrogen) atoms. The number of rotatable bonds is 6. The van der Waals surface area contributed by atoms with Crippen molar-refractivity contribution in [1.29, 1.82) is 0 Å². The molecular weight excluding hydrogens is 206 g/mol. The molecule has 1 heteroatoms. The zero-order valence-electron chi connectivity index (χ0n) is 11.6. The standard InChI is InChI=1S/C16H26N/c1-4-17(5-2,6-3)14-16(12-13-16)15-10-8-7-9-11-15/h7-11H,4-6,12-14H2,1-3H3/q+1. The Kier molecular flexibility index (Phi) is 3.58. The van der Waals surface area contributed by atoms with Gasteiger partial charge in [0, 0.05) is 5.41 Å². The molecule has 0 unspecified atom stereocenters. The van der Waals surface area contributed by atoms with Crippen LogP contribution < -0.4 is 0 Å². The van der Waals surface area contributed by atoms with E-state index in [0.29, 0.717) is 5.41 Å². The molecule has 0 aromatic heterocycles. The molecule has 0 spiro atoms. The van der Waals surface area contributed by atoms with Crippen molar-refractivity contribution in [3.63, 3.8) is 0 Å². The molecule has 94 valence electrons. The molecule has 2 rings (SSSR count). The van der Waals surface area contributed by atoms with Crippen molar-refractivity contribution in [1.82, 2.24) is 0 Å². The molecule has 0 radical (unpaired) electrons. The first-order valence-electron chi connectivity index (χ1n) is 7.11. The van der Waals surface area contributed by atoms with Crippen LogP contribution in [0.1, 0.15) is 39.2 Å². The summed E-state index contributed by atoms with van der Waals surface area (Å²) in [5, 5.41) is 0. The van der Waals surface area contributed by atoms with Gasteiger partial charge in [-0.3, -0.25) is 0 Å². The predicted molar refractivity (Wildman–Crippen MR) is 74.1 cm³/mol. The average molecular weight is 232 g/mol. The fraction of sp³-hybridized carbons (Fsp3) is 0.625. The molecule has 1 fully saturated rings. The van der Waals surface area contributed by atoms with E-state index < -0.39 is 0 Å². The summed E-state index contributed by atoms with van der Waals surface area (Å²) in [6.07, 6.45) is 2.77. The molecular formula is C16H26N+. The molecule has 0 aliphatic heterocycles. The first-order chi connectivity index (χ1) is 8.20. The van der Waals surface area contributed by atoms with E-state index in [-0.39, 0.29) is 0 Å². The number of hydrogen-bond acceptors (Lipinski definition) is 0. The lowest BCUT2D eigenvalue weighted by molar-refractivity contribution is -0.925. The van der Waals surface area contributed by atoms with Gasteiger partial charge in [0.1, 0.15) is 0 Å². The number of hydrogen-bond donors (Lipinski definition) is 0. The van der Waals surface area contributed by atoms with Crippen LogP contribution in [0, 0.1) is 0 Å². The lowest BCUT2D eigenvalue weighted by atomic mass is 9.94. The van der Waals surface area contributed by atoms with Crippen molar-refractivity contribution >= 4 is 0 Å². The third-order valence-corrected chi connectivity index (χ3v) is 4.89. The molecule has 0 amide bonds. The van der Waals surface area contributed by atoms with Gasteiger partial charge in [0.05, 0.1) is 26.2 Å². The van der Waals surface area contributed by atoms with Gasteiger partial charge in [-0.15, -0.1) is 0 Å². The maximum absolute atomic E-state index is 2.34. The smallest absolute Gasteiger partial charge is 0.0884 e. The van der Waals surface area contributed by atoms with Crippen LogP contribution in [0.15, 0.2) is 30.3 Å². The summed E-state index contributed by atoms with van der Waals surface area (Å²) < 4.78 is 1.27. The van der Waals surface area contributed by atoms with E-state index in [1.54, 1.807) is 5.56 Å². The Balaban J connectivity index is 2.18. The topological polar surface area (TPSA) is 0 Å². The number of benzene rings is 1. The maximum Gasteiger partial charge on any atom is 0.0884 e. The normalized spacial score (nSPS) is 18.1. The maximum atomic E-state index is 2.34. The SMILES string of the molecule is CC[N+](CC)(CC)CC1(c2ccccc2)CC1. The highest BCUT2D eigenvalue weighted by Gasteiger charge is 2.49. The predicted octanol–water partition coefficient (Wildman–Crippen LogP) is 3.59. The Bertz CT molecular complexity index is 339. The van der Waals surface area contributed by atoms with Gasteiger partial charge >= 0.3 is 0 Å². The fourth-order valence-electron chi connectivity index (χ4n) is 3.13. The Morgan fingerprint density at radius 3 is 1.88 bits per heavy atom. The van der Waals surface area contributed by atoms with Gasteiger partial charge in [-0.1, -0.05) is 30.3 Å². The summed E-state index contributed by atoms with van der Waals surface area (Å²) in [5.74, 6) is 0. The van der Waals surface area contributed by atoms with Crippen molar-refractivity contribution in [2.24, 2.45) is 0 Å². The average Bonchev–Trinajstić information content (AvgIpc) is 3.18. The van der Waals surface area contributed by atoms with Crippen LogP contribution in [0.2, 0.25) is 0 Å². The largest absolute Gasteiger partial charge is 0.324 e. The molecule has 1 aromatic rings. The van der Waals surface area contributed by atoms with Gasteiger partial charge < -0.3 is 4.48 Å². The van der Waals surface area contributed by atoms with Crippen LogP contribution in [0.3, 0.4) is 0 Å². The summed E-state index contributed by atoms with van der Waals surface area (Å²) in [6, 6.07) is 11.1. The first kappa shape index (κ1) is 12.6. The number of nitrogens with zero attached hydrogens (tertiary/aromatic N) is 1. The van der Waals surface area contributed by atoms with Crippen LogP contribution in [0.4, 0.5) is 0 Å². The molecule has 1 aliphatic rings. The third-order valence-electron chi connectivity index (χ3n) is 4.89. The minimum atomic E-state index is 0.503. The van der Waals surface area contributed by atoms with Crippen LogP contribution in [-0.4, -0.2) is 30.7 Å². The number of likely N-dealkylation sites (N-methyl/N-ethyl adjacent to an activating group) is 1. The molecule has 0 bridgehead atoms. The summed E-state index contributed by atoms with van der Waals surface area (Å²) in [6.45, 7) is 12.2. The molecule has 0 saturated heterocycles. The van der Waals surface area contributed by atoms with Gasteiger partial charge in [-0.2, -0.15) is 0 Å². The van der Waals surface area contributed by atoms with E-state index in [2.05, 4.69) is 51.1 Å². The van der Waals surface area contributed by atoms with Gasteiger partial charge in [-0.05, 0) is 39.2 Å². The second-order valence-electron chi connectivity index (χ2n) is 5.59. The van der Waals surface area contributed by atoms with Crippen molar-refractivity contribution in [2.75, 3.05) is 26.2 Å². The Morgan fingerprint density at radius 1 is 0.941 bits per heavy atom. The minimum absolute atomic E-state index is 0.503. The second kappa shape index (κ2) is 4.81. The molecule has 0 N–H and O–H groups in total. The van der Waals surface area contributed by atoms with Crippen molar-refractivity contribution in [2.45, 2.75) is 39.0 Å². The van der Waals surface area contributed by atoms with Crippen molar-refractivity contribution in [3.05, 3.63) is 35.9 Å². The zero-order chi connectivity index (χ0) is 12.4. The summed E-state index contributed by atoms with van der Waals surface area (Å²) in [7, 11) is 0. The molecule has 1 nitrogen and oxygen atoms in total. The summed E-state index contributed by atoms with van der Waals surface area (Å²) >= 11 is 0. The first-order valence-corrected chi connectivity index (χ1v) is 7.11. The van der Waals surface area contributed by atoms with Gasteiger partial charge in [0.25, 0.3) is 0 Å². The molecule has 1 saturated carbocycles.